The minimum Gasteiger partial charge on any atom is -0.477 e. The van der Waals surface area contributed by atoms with E-state index in [9.17, 15) is 19.8 Å². The lowest BCUT2D eigenvalue weighted by molar-refractivity contribution is -0.721. The molecule has 10 heteroatoms. The number of β-lactam (4-membered cyclic amide) rings is 1. The Hall–Kier alpha value is -2.14. The van der Waals surface area contributed by atoms with Gasteiger partial charge < -0.3 is 15.1 Å². The van der Waals surface area contributed by atoms with Crippen LogP contribution in [0.3, 0.4) is 0 Å². The number of carbonyl (C=O) groups excluding carboxylic acids is 1. The molecule has 7 nitrogen and oxygen atoms in total. The van der Waals surface area contributed by atoms with Gasteiger partial charge in [0.2, 0.25) is 15.8 Å². The smallest absolute Gasteiger partial charge is 0.352 e. The number of amides is 1. The summed E-state index contributed by atoms with van der Waals surface area (Å²) in [4.78, 5) is 28.1. The van der Waals surface area contributed by atoms with Crippen LogP contribution in [0.2, 0.25) is 0 Å². The molecule has 0 unspecified atom stereocenters. The number of carbonyl (C=O) groups is 2. The number of alkyl halides is 1. The molecule has 2 aliphatic rings. The molecule has 2 aliphatic heterocycles. The SMILES string of the molecule is CSc1c2sc(C3=C(C(=O)O)N4C(=O)[C@H]([C@@H](C)O)[C@H]4[C@H]3C)cn2c[n+]1Cc1ccccc1CBr. The van der Waals surface area contributed by atoms with Crippen molar-refractivity contribution in [3.05, 3.63) is 58.5 Å². The van der Waals surface area contributed by atoms with Crippen LogP contribution in [-0.2, 0) is 21.5 Å². The number of carboxylic acids is 1. The molecular formula is C24H25BrN3O4S2+. The summed E-state index contributed by atoms with van der Waals surface area (Å²) in [5.74, 6) is -2.16. The molecule has 2 N–H and O–H groups in total. The predicted octanol–water partition coefficient (Wildman–Crippen LogP) is 3.61. The van der Waals surface area contributed by atoms with Crippen molar-refractivity contribution in [2.24, 2.45) is 11.8 Å². The van der Waals surface area contributed by atoms with Crippen molar-refractivity contribution < 1.29 is 24.4 Å². The topological polar surface area (TPSA) is 86.1 Å². The Labute approximate surface area is 213 Å². The minimum atomic E-state index is -1.11. The number of aliphatic hydroxyl groups excluding tert-OH is 1. The Morgan fingerprint density at radius 2 is 2.03 bits per heavy atom. The van der Waals surface area contributed by atoms with E-state index in [1.165, 1.54) is 16.0 Å². The first-order valence-corrected chi connectivity index (χ1v) is 14.1. The van der Waals surface area contributed by atoms with Gasteiger partial charge in [0, 0.05) is 16.8 Å². The lowest BCUT2D eigenvalue weighted by Gasteiger charge is -2.46. The number of imidazole rings is 1. The predicted molar refractivity (Wildman–Crippen MR) is 135 cm³/mol. The van der Waals surface area contributed by atoms with Gasteiger partial charge >= 0.3 is 5.97 Å². The number of thioether (sulfide) groups is 1. The van der Waals surface area contributed by atoms with Crippen LogP contribution >= 0.6 is 39.0 Å². The van der Waals surface area contributed by atoms with Crippen LogP contribution in [0.4, 0.5) is 0 Å². The zero-order valence-corrected chi connectivity index (χ0v) is 22.2. The van der Waals surface area contributed by atoms with Gasteiger partial charge in [0.05, 0.1) is 22.9 Å². The van der Waals surface area contributed by atoms with Crippen LogP contribution in [-0.4, -0.2) is 49.8 Å². The van der Waals surface area contributed by atoms with E-state index in [0.717, 1.165) is 26.6 Å². The third-order valence-electron chi connectivity index (χ3n) is 6.84. The molecule has 2 aromatic heterocycles. The first-order valence-electron chi connectivity index (χ1n) is 11.0. The third-order valence-corrected chi connectivity index (χ3v) is 9.53. The lowest BCUT2D eigenvalue weighted by Crippen LogP contribution is -2.63. The first-order chi connectivity index (χ1) is 16.3. The summed E-state index contributed by atoms with van der Waals surface area (Å²) in [6.07, 6.45) is 5.24. The van der Waals surface area contributed by atoms with Gasteiger partial charge in [-0.1, -0.05) is 70.2 Å². The quantitative estimate of drug-likeness (QED) is 0.199. The van der Waals surface area contributed by atoms with Crippen molar-refractivity contribution in [2.75, 3.05) is 6.26 Å². The summed E-state index contributed by atoms with van der Waals surface area (Å²) in [6, 6.07) is 8.02. The van der Waals surface area contributed by atoms with Crippen molar-refractivity contribution in [1.29, 1.82) is 0 Å². The van der Waals surface area contributed by atoms with Gasteiger partial charge in [-0.25, -0.2) is 9.36 Å². The first kappa shape index (κ1) is 23.6. The van der Waals surface area contributed by atoms with Crippen LogP contribution in [0.15, 0.2) is 47.5 Å². The number of thiazole rings is 1. The van der Waals surface area contributed by atoms with E-state index in [2.05, 4.69) is 32.6 Å². The second-order valence-corrected chi connectivity index (χ2v) is 11.2. The van der Waals surface area contributed by atoms with Crippen molar-refractivity contribution in [3.8, 4) is 0 Å². The summed E-state index contributed by atoms with van der Waals surface area (Å²) in [6.45, 7) is 4.28. The van der Waals surface area contributed by atoms with Crippen LogP contribution in [0, 0.1) is 11.8 Å². The summed E-state index contributed by atoms with van der Waals surface area (Å²) in [7, 11) is 0. The largest absolute Gasteiger partial charge is 0.477 e. The maximum Gasteiger partial charge on any atom is 0.352 e. The number of halogens is 1. The van der Waals surface area contributed by atoms with E-state index in [1.54, 1.807) is 30.0 Å². The summed E-state index contributed by atoms with van der Waals surface area (Å²) >= 11 is 6.77. The molecule has 178 valence electrons. The Kier molecular flexibility index (Phi) is 6.12. The Balaban J connectivity index is 1.56. The van der Waals surface area contributed by atoms with Gasteiger partial charge in [-0.05, 0) is 24.3 Å². The van der Waals surface area contributed by atoms with E-state index >= 15 is 0 Å². The number of carboxylic acid groups (broad SMARTS) is 1. The van der Waals surface area contributed by atoms with Gasteiger partial charge in [-0.3, -0.25) is 4.79 Å². The molecular weight excluding hydrogens is 538 g/mol. The molecule has 3 aromatic rings. The van der Waals surface area contributed by atoms with E-state index in [-0.39, 0.29) is 23.6 Å². The highest BCUT2D eigenvalue weighted by atomic mass is 79.9. The number of fused-ring (bicyclic) bond motifs is 2. The normalized spacial score (nSPS) is 22.9. The number of aliphatic hydroxyl groups is 1. The van der Waals surface area contributed by atoms with Crippen molar-refractivity contribution in [2.45, 2.75) is 42.9 Å². The zero-order valence-electron chi connectivity index (χ0n) is 18.9. The lowest BCUT2D eigenvalue weighted by atomic mass is 9.77. The molecule has 1 saturated heterocycles. The number of benzene rings is 1. The molecule has 1 aromatic carbocycles. The highest BCUT2D eigenvalue weighted by Crippen LogP contribution is 2.51. The van der Waals surface area contributed by atoms with E-state index in [0.29, 0.717) is 5.57 Å². The zero-order chi connectivity index (χ0) is 24.3. The number of hydrogen-bond acceptors (Lipinski definition) is 5. The fraction of sp³-hybridized carbons (Fsp3) is 0.375. The molecule has 34 heavy (non-hydrogen) atoms. The molecule has 1 fully saturated rings. The average Bonchev–Trinajstić information content (AvgIpc) is 3.41. The van der Waals surface area contributed by atoms with Crippen molar-refractivity contribution in [3.63, 3.8) is 0 Å². The van der Waals surface area contributed by atoms with Gasteiger partial charge in [-0.2, -0.15) is 4.40 Å². The van der Waals surface area contributed by atoms with Crippen LogP contribution in [0.25, 0.3) is 10.4 Å². The van der Waals surface area contributed by atoms with Gasteiger partial charge in [0.1, 0.15) is 18.4 Å². The van der Waals surface area contributed by atoms with Gasteiger partial charge in [0.15, 0.2) is 0 Å². The third kappa shape index (κ3) is 3.45. The fourth-order valence-electron chi connectivity index (χ4n) is 5.29. The minimum absolute atomic E-state index is 0.0497. The maximum atomic E-state index is 12.7. The monoisotopic (exact) mass is 562 g/mol. The number of aromatic nitrogens is 2. The molecule has 0 bridgehead atoms. The molecule has 4 heterocycles. The Morgan fingerprint density at radius 1 is 1.32 bits per heavy atom. The summed E-state index contributed by atoms with van der Waals surface area (Å²) in [5.41, 5.74) is 3.21. The van der Waals surface area contributed by atoms with E-state index < -0.39 is 18.0 Å². The number of nitrogens with zero attached hydrogens (tertiary/aromatic N) is 3. The van der Waals surface area contributed by atoms with Crippen LogP contribution < -0.4 is 4.57 Å². The van der Waals surface area contributed by atoms with Crippen molar-refractivity contribution in [1.82, 2.24) is 9.30 Å². The Morgan fingerprint density at radius 3 is 2.65 bits per heavy atom. The number of aliphatic carboxylic acids is 1. The van der Waals surface area contributed by atoms with E-state index in [1.807, 2.05) is 42.2 Å². The fourth-order valence-corrected chi connectivity index (χ4v) is 8.02. The average molecular weight is 564 g/mol. The molecule has 4 atom stereocenters. The molecule has 1 amide bonds. The summed E-state index contributed by atoms with van der Waals surface area (Å²) < 4.78 is 4.26. The molecule has 5 rings (SSSR count). The van der Waals surface area contributed by atoms with Gasteiger partial charge in [-0.15, -0.1) is 0 Å². The molecule has 0 spiro atoms. The highest BCUT2D eigenvalue weighted by molar-refractivity contribution is 9.08. The second kappa shape index (κ2) is 8.82. The molecule has 0 saturated carbocycles. The standard InChI is InChI=1S/C24H24BrN3O4S2/c1-12-17(20(24(31)32)28-19(12)18(13(2)29)21(28)30)16-10-27-11-26(22(33-3)23(27)34-16)9-15-7-5-4-6-14(15)8-25/h4-7,10-13,18-19,29H,8-9H2,1-3H3/p+1/t12-,13+,18+,19+/m0/s1. The van der Waals surface area contributed by atoms with Crippen LogP contribution in [0.1, 0.15) is 29.9 Å². The number of rotatable bonds is 7. The highest BCUT2D eigenvalue weighted by Gasteiger charge is 2.60. The number of hydrogen-bond donors (Lipinski definition) is 2. The van der Waals surface area contributed by atoms with Gasteiger partial charge in [0.25, 0.3) is 6.33 Å². The molecule has 0 aliphatic carbocycles. The molecule has 0 radical (unpaired) electrons. The second-order valence-electron chi connectivity index (χ2n) is 8.78. The maximum absolute atomic E-state index is 12.7. The van der Waals surface area contributed by atoms with Crippen LogP contribution in [0.5, 0.6) is 0 Å². The van der Waals surface area contributed by atoms with Crippen molar-refractivity contribution >= 4 is 61.3 Å². The summed E-state index contributed by atoms with van der Waals surface area (Å²) in [5, 5.41) is 22.0. The van der Waals surface area contributed by atoms with E-state index in [4.69, 9.17) is 0 Å². The Bertz CT molecular complexity index is 1350.